The SMILES string of the molecule is CCNCCCNS(=O)(=O)c1cc(C(=O)NC)n(C)c1. The van der Waals surface area contributed by atoms with Crippen molar-refractivity contribution in [1.82, 2.24) is 19.9 Å². The maximum Gasteiger partial charge on any atom is 0.267 e. The number of amides is 1. The zero-order chi connectivity index (χ0) is 15.2. The number of rotatable bonds is 8. The third kappa shape index (κ3) is 4.32. The molecule has 8 heteroatoms. The van der Waals surface area contributed by atoms with Crippen LogP contribution in [0, 0.1) is 0 Å². The Kier molecular flexibility index (Phi) is 6.18. The number of aryl methyl sites for hydroxylation is 1. The van der Waals surface area contributed by atoms with Crippen molar-refractivity contribution in [2.24, 2.45) is 7.05 Å². The summed E-state index contributed by atoms with van der Waals surface area (Å²) in [6, 6.07) is 1.37. The molecule has 0 aliphatic heterocycles. The molecule has 20 heavy (non-hydrogen) atoms. The molecular formula is C12H22N4O3S. The van der Waals surface area contributed by atoms with E-state index >= 15 is 0 Å². The van der Waals surface area contributed by atoms with E-state index in [2.05, 4.69) is 15.4 Å². The summed E-state index contributed by atoms with van der Waals surface area (Å²) in [6.07, 6.45) is 2.14. The van der Waals surface area contributed by atoms with Crippen LogP contribution in [0.1, 0.15) is 23.8 Å². The van der Waals surface area contributed by atoms with E-state index in [4.69, 9.17) is 0 Å². The van der Waals surface area contributed by atoms with Crippen molar-refractivity contribution >= 4 is 15.9 Å². The molecular weight excluding hydrogens is 280 g/mol. The molecule has 0 atom stereocenters. The van der Waals surface area contributed by atoms with E-state index < -0.39 is 10.0 Å². The van der Waals surface area contributed by atoms with Crippen molar-refractivity contribution in [2.45, 2.75) is 18.2 Å². The van der Waals surface area contributed by atoms with Crippen LogP contribution in [0.4, 0.5) is 0 Å². The molecule has 0 saturated carbocycles. The minimum atomic E-state index is -3.57. The smallest absolute Gasteiger partial charge is 0.267 e. The molecule has 0 fully saturated rings. The van der Waals surface area contributed by atoms with Crippen LogP contribution in [0.2, 0.25) is 0 Å². The molecule has 1 amide bonds. The van der Waals surface area contributed by atoms with Gasteiger partial charge in [-0.15, -0.1) is 0 Å². The fourth-order valence-electron chi connectivity index (χ4n) is 1.72. The number of hydrogen-bond acceptors (Lipinski definition) is 4. The summed E-state index contributed by atoms with van der Waals surface area (Å²) >= 11 is 0. The minimum absolute atomic E-state index is 0.0991. The van der Waals surface area contributed by atoms with Gasteiger partial charge in [0.2, 0.25) is 10.0 Å². The number of carbonyl (C=O) groups is 1. The van der Waals surface area contributed by atoms with Gasteiger partial charge in [0.15, 0.2) is 0 Å². The topological polar surface area (TPSA) is 92.2 Å². The lowest BCUT2D eigenvalue weighted by molar-refractivity contribution is 0.0955. The summed E-state index contributed by atoms with van der Waals surface area (Å²) in [5.74, 6) is -0.318. The highest BCUT2D eigenvalue weighted by atomic mass is 32.2. The molecule has 0 spiro atoms. The largest absolute Gasteiger partial charge is 0.354 e. The lowest BCUT2D eigenvalue weighted by atomic mass is 10.4. The summed E-state index contributed by atoms with van der Waals surface area (Å²) in [7, 11) is -0.433. The van der Waals surface area contributed by atoms with Gasteiger partial charge >= 0.3 is 0 Å². The van der Waals surface area contributed by atoms with Gasteiger partial charge in [0, 0.05) is 26.8 Å². The van der Waals surface area contributed by atoms with Crippen LogP contribution >= 0.6 is 0 Å². The number of nitrogens with one attached hydrogen (secondary N) is 3. The van der Waals surface area contributed by atoms with E-state index in [0.29, 0.717) is 18.7 Å². The summed E-state index contributed by atoms with van der Waals surface area (Å²) in [6.45, 7) is 3.98. The number of carbonyl (C=O) groups excluding carboxylic acids is 1. The standard InChI is InChI=1S/C12H22N4O3S/c1-4-14-6-5-7-15-20(18,19)10-8-11(12(17)13-2)16(3)9-10/h8-9,14-15H,4-7H2,1-3H3,(H,13,17). The van der Waals surface area contributed by atoms with Crippen molar-refractivity contribution in [1.29, 1.82) is 0 Å². The van der Waals surface area contributed by atoms with Crippen LogP contribution in [0.25, 0.3) is 0 Å². The second kappa shape index (κ2) is 7.41. The quantitative estimate of drug-likeness (QED) is 0.573. The van der Waals surface area contributed by atoms with Crippen LogP contribution < -0.4 is 15.4 Å². The predicted octanol–water partition coefficient (Wildman–Crippen LogP) is -0.337. The van der Waals surface area contributed by atoms with Gasteiger partial charge in [-0.2, -0.15) is 0 Å². The molecule has 0 unspecified atom stereocenters. The van der Waals surface area contributed by atoms with Gasteiger partial charge in [0.1, 0.15) is 10.6 Å². The summed E-state index contributed by atoms with van der Waals surface area (Å²) < 4.78 is 28.1. The minimum Gasteiger partial charge on any atom is -0.354 e. The molecule has 1 aromatic rings. The van der Waals surface area contributed by atoms with Crippen LogP contribution in [-0.2, 0) is 17.1 Å². The summed E-state index contributed by atoms with van der Waals surface area (Å²) in [5.41, 5.74) is 0.306. The second-order valence-electron chi connectivity index (χ2n) is 4.36. The van der Waals surface area contributed by atoms with Gasteiger partial charge in [-0.3, -0.25) is 4.79 Å². The number of sulfonamides is 1. The van der Waals surface area contributed by atoms with Crippen molar-refractivity contribution in [3.63, 3.8) is 0 Å². The van der Waals surface area contributed by atoms with E-state index in [9.17, 15) is 13.2 Å². The Morgan fingerprint density at radius 2 is 2.05 bits per heavy atom. The highest BCUT2D eigenvalue weighted by Gasteiger charge is 2.19. The first kappa shape index (κ1) is 16.7. The monoisotopic (exact) mass is 302 g/mol. The van der Waals surface area contributed by atoms with Gasteiger partial charge in [-0.25, -0.2) is 13.1 Å². The average molecular weight is 302 g/mol. The lowest BCUT2D eigenvalue weighted by Crippen LogP contribution is -2.27. The van der Waals surface area contributed by atoms with Crippen molar-refractivity contribution in [3.8, 4) is 0 Å². The maximum absolute atomic E-state index is 12.1. The Morgan fingerprint density at radius 1 is 1.35 bits per heavy atom. The first-order chi connectivity index (χ1) is 9.42. The third-order valence-corrected chi connectivity index (χ3v) is 4.25. The summed E-state index contributed by atoms with van der Waals surface area (Å²) in [4.78, 5) is 11.7. The molecule has 1 aromatic heterocycles. The van der Waals surface area contributed by atoms with Crippen molar-refractivity contribution < 1.29 is 13.2 Å². The Balaban J connectivity index is 2.71. The molecule has 0 aliphatic rings. The molecule has 114 valence electrons. The van der Waals surface area contributed by atoms with Crippen LogP contribution in [0.5, 0.6) is 0 Å². The van der Waals surface area contributed by atoms with Crippen molar-refractivity contribution in [3.05, 3.63) is 18.0 Å². The fourth-order valence-corrected chi connectivity index (χ4v) is 2.86. The van der Waals surface area contributed by atoms with E-state index in [-0.39, 0.29) is 10.8 Å². The lowest BCUT2D eigenvalue weighted by Gasteiger charge is -2.05. The third-order valence-electron chi connectivity index (χ3n) is 2.82. The molecule has 0 bridgehead atoms. The van der Waals surface area contributed by atoms with Gasteiger partial charge in [0.05, 0.1) is 0 Å². The molecule has 1 rings (SSSR count). The molecule has 7 nitrogen and oxygen atoms in total. The highest BCUT2D eigenvalue weighted by molar-refractivity contribution is 7.89. The zero-order valence-electron chi connectivity index (χ0n) is 12.1. The second-order valence-corrected chi connectivity index (χ2v) is 6.12. The van der Waals surface area contributed by atoms with Gasteiger partial charge in [-0.05, 0) is 25.6 Å². The van der Waals surface area contributed by atoms with E-state index in [1.165, 1.54) is 23.9 Å². The average Bonchev–Trinajstić information content (AvgIpc) is 2.80. The number of hydrogen-bond donors (Lipinski definition) is 3. The van der Waals surface area contributed by atoms with Crippen LogP contribution in [0.3, 0.4) is 0 Å². The number of nitrogens with zero attached hydrogens (tertiary/aromatic N) is 1. The molecule has 0 saturated heterocycles. The highest BCUT2D eigenvalue weighted by Crippen LogP contribution is 2.13. The van der Waals surface area contributed by atoms with E-state index in [1.54, 1.807) is 7.05 Å². The fraction of sp³-hybridized carbons (Fsp3) is 0.583. The molecule has 0 aromatic carbocycles. The maximum atomic E-state index is 12.1. The van der Waals surface area contributed by atoms with Gasteiger partial charge in [0.25, 0.3) is 5.91 Å². The predicted molar refractivity (Wildman–Crippen MR) is 77.2 cm³/mol. The Hall–Kier alpha value is -1.38. The normalized spacial score (nSPS) is 11.6. The summed E-state index contributed by atoms with van der Waals surface area (Å²) in [5, 5.41) is 5.59. The van der Waals surface area contributed by atoms with E-state index in [0.717, 1.165) is 13.1 Å². The first-order valence-electron chi connectivity index (χ1n) is 6.51. The molecule has 1 heterocycles. The van der Waals surface area contributed by atoms with Gasteiger partial charge in [-0.1, -0.05) is 6.92 Å². The Labute approximate surface area is 119 Å². The van der Waals surface area contributed by atoms with Crippen molar-refractivity contribution in [2.75, 3.05) is 26.7 Å². The van der Waals surface area contributed by atoms with E-state index in [1.807, 2.05) is 6.92 Å². The molecule has 0 radical (unpaired) electrons. The Bertz CT molecular complexity index is 551. The van der Waals surface area contributed by atoms with Gasteiger partial charge < -0.3 is 15.2 Å². The molecule has 3 N–H and O–H groups in total. The molecule has 0 aliphatic carbocycles. The van der Waals surface area contributed by atoms with Crippen LogP contribution in [0.15, 0.2) is 17.2 Å². The van der Waals surface area contributed by atoms with Crippen LogP contribution in [-0.4, -0.2) is 45.6 Å². The first-order valence-corrected chi connectivity index (χ1v) is 7.99. The Morgan fingerprint density at radius 3 is 2.65 bits per heavy atom. The number of aromatic nitrogens is 1. The zero-order valence-corrected chi connectivity index (χ0v) is 12.9.